The summed E-state index contributed by atoms with van der Waals surface area (Å²) >= 11 is 1.40. The van der Waals surface area contributed by atoms with Gasteiger partial charge < -0.3 is 10.5 Å². The van der Waals surface area contributed by atoms with Crippen LogP contribution in [0, 0.1) is 0 Å². The largest absolute Gasteiger partial charge is 0.462 e. The molecular formula is C11H12N4O3S. The normalized spacial score (nSPS) is 10.4. The van der Waals surface area contributed by atoms with Crippen LogP contribution in [0.5, 0.6) is 0 Å². The van der Waals surface area contributed by atoms with E-state index < -0.39 is 5.97 Å². The van der Waals surface area contributed by atoms with Gasteiger partial charge in [-0.2, -0.15) is 9.78 Å². The summed E-state index contributed by atoms with van der Waals surface area (Å²) in [6, 6.07) is 0. The molecule has 19 heavy (non-hydrogen) atoms. The van der Waals surface area contributed by atoms with E-state index in [9.17, 15) is 9.59 Å². The highest BCUT2D eigenvalue weighted by Gasteiger charge is 2.20. The maximum absolute atomic E-state index is 12.0. The zero-order valence-electron chi connectivity index (χ0n) is 10.2. The zero-order valence-corrected chi connectivity index (χ0v) is 11.0. The molecule has 2 N–H and O–H groups in total. The fraction of sp³-hybridized carbons (Fsp3) is 0.273. The minimum Gasteiger partial charge on any atom is -0.462 e. The summed E-state index contributed by atoms with van der Waals surface area (Å²) in [5.74, 6) is -0.953. The van der Waals surface area contributed by atoms with E-state index in [1.165, 1.54) is 17.5 Å². The van der Waals surface area contributed by atoms with Gasteiger partial charge in [0.2, 0.25) is 0 Å². The third kappa shape index (κ3) is 2.79. The summed E-state index contributed by atoms with van der Waals surface area (Å²) in [6.45, 7) is 1.92. The predicted molar refractivity (Wildman–Crippen MR) is 69.0 cm³/mol. The van der Waals surface area contributed by atoms with Crippen LogP contribution in [-0.4, -0.2) is 33.2 Å². The first-order chi connectivity index (χ1) is 9.13. The van der Waals surface area contributed by atoms with E-state index in [0.29, 0.717) is 5.69 Å². The van der Waals surface area contributed by atoms with Crippen LogP contribution >= 0.6 is 11.3 Å². The van der Waals surface area contributed by atoms with Gasteiger partial charge in [-0.05, 0) is 6.92 Å². The molecule has 0 atom stereocenters. The Morgan fingerprint density at radius 2 is 2.32 bits per heavy atom. The summed E-state index contributed by atoms with van der Waals surface area (Å²) in [5.41, 5.74) is 8.10. The van der Waals surface area contributed by atoms with E-state index >= 15 is 0 Å². The van der Waals surface area contributed by atoms with Gasteiger partial charge in [-0.1, -0.05) is 0 Å². The Morgan fingerprint density at radius 1 is 1.53 bits per heavy atom. The number of carbonyl (C=O) groups is 2. The second kappa shape index (κ2) is 5.61. The van der Waals surface area contributed by atoms with Gasteiger partial charge in [0.15, 0.2) is 0 Å². The number of aromatic nitrogens is 3. The molecule has 0 unspecified atom stereocenters. The van der Waals surface area contributed by atoms with E-state index in [1.807, 2.05) is 0 Å². The molecule has 7 nitrogen and oxygen atoms in total. The van der Waals surface area contributed by atoms with Crippen molar-refractivity contribution < 1.29 is 14.3 Å². The van der Waals surface area contributed by atoms with Gasteiger partial charge in [0.1, 0.15) is 11.4 Å². The lowest BCUT2D eigenvalue weighted by Gasteiger charge is -2.03. The number of nitrogen functional groups attached to an aromatic ring is 1. The smallest absolute Gasteiger partial charge is 0.343 e. The van der Waals surface area contributed by atoms with Crippen LogP contribution in [0.3, 0.4) is 0 Å². The average molecular weight is 280 g/mol. The number of hydrogen-bond acceptors (Lipinski definition) is 7. The van der Waals surface area contributed by atoms with Gasteiger partial charge in [0.05, 0.1) is 30.4 Å². The zero-order chi connectivity index (χ0) is 13.8. The molecule has 0 amide bonds. The molecule has 0 saturated carbocycles. The predicted octanol–water partition coefficient (Wildman–Crippen LogP) is 0.981. The molecule has 0 fully saturated rings. The van der Waals surface area contributed by atoms with E-state index in [0.717, 1.165) is 4.68 Å². The summed E-state index contributed by atoms with van der Waals surface area (Å²) in [5, 5.41) is 5.58. The van der Waals surface area contributed by atoms with Gasteiger partial charge in [-0.25, -0.2) is 9.78 Å². The fourth-order valence-electron chi connectivity index (χ4n) is 1.48. The first-order valence-electron chi connectivity index (χ1n) is 5.54. The minimum atomic E-state index is -0.590. The monoisotopic (exact) mass is 280 g/mol. The minimum absolute atomic E-state index is 0.0151. The van der Waals surface area contributed by atoms with Crippen LogP contribution in [0.15, 0.2) is 17.1 Å². The number of anilines is 1. The van der Waals surface area contributed by atoms with Gasteiger partial charge >= 0.3 is 5.97 Å². The molecular weight excluding hydrogens is 268 g/mol. The second-order valence-corrected chi connectivity index (χ2v) is 4.34. The molecule has 0 aliphatic rings. The van der Waals surface area contributed by atoms with Crippen molar-refractivity contribution in [2.45, 2.75) is 13.3 Å². The maximum atomic E-state index is 12.0. The topological polar surface area (TPSA) is 100 Å². The molecule has 0 aliphatic heterocycles. The third-order valence-corrected chi connectivity index (χ3v) is 2.99. The first-order valence-corrected chi connectivity index (χ1v) is 6.48. The summed E-state index contributed by atoms with van der Waals surface area (Å²) < 4.78 is 5.81. The first kappa shape index (κ1) is 13.2. The van der Waals surface area contributed by atoms with Crippen molar-refractivity contribution in [2.24, 2.45) is 0 Å². The third-order valence-electron chi connectivity index (χ3n) is 2.35. The van der Waals surface area contributed by atoms with Crippen LogP contribution in [0.4, 0.5) is 5.82 Å². The number of ether oxygens (including phenoxy) is 1. The molecule has 2 aromatic rings. The number of nitrogens with zero attached hydrogens (tertiary/aromatic N) is 3. The van der Waals surface area contributed by atoms with Gasteiger partial charge in [0, 0.05) is 5.38 Å². The van der Waals surface area contributed by atoms with Crippen LogP contribution in [0.25, 0.3) is 0 Å². The molecule has 0 spiro atoms. The lowest BCUT2D eigenvalue weighted by Crippen LogP contribution is -2.18. The number of hydrogen-bond donors (Lipinski definition) is 1. The molecule has 0 saturated heterocycles. The Balaban J connectivity index is 2.17. The maximum Gasteiger partial charge on any atom is 0.343 e. The molecule has 2 heterocycles. The number of carbonyl (C=O) groups excluding carboxylic acids is 2. The second-order valence-electron chi connectivity index (χ2n) is 3.63. The summed E-state index contributed by atoms with van der Waals surface area (Å²) in [4.78, 5) is 27.5. The number of nitrogens with two attached hydrogens (primary N) is 1. The van der Waals surface area contributed by atoms with Gasteiger partial charge in [-0.15, -0.1) is 11.3 Å². The van der Waals surface area contributed by atoms with Crippen LogP contribution in [0.2, 0.25) is 0 Å². The van der Waals surface area contributed by atoms with Crippen LogP contribution < -0.4 is 5.73 Å². The van der Waals surface area contributed by atoms with Crippen molar-refractivity contribution in [3.63, 3.8) is 0 Å². The number of rotatable bonds is 4. The Hall–Kier alpha value is -2.22. The van der Waals surface area contributed by atoms with E-state index in [-0.39, 0.29) is 30.3 Å². The van der Waals surface area contributed by atoms with Crippen LogP contribution in [-0.2, 0) is 11.2 Å². The molecule has 100 valence electrons. The quantitative estimate of drug-likeness (QED) is 0.838. The molecule has 0 aliphatic carbocycles. The Kier molecular flexibility index (Phi) is 3.91. The lowest BCUT2D eigenvalue weighted by molar-refractivity contribution is 0.0527. The Labute approximate surface area is 113 Å². The molecule has 0 radical (unpaired) electrons. The molecule has 2 rings (SSSR count). The van der Waals surface area contributed by atoms with Crippen molar-refractivity contribution in [2.75, 3.05) is 12.3 Å². The number of esters is 1. The van der Waals surface area contributed by atoms with Gasteiger partial charge in [0.25, 0.3) is 5.91 Å². The average Bonchev–Trinajstić information content (AvgIpc) is 2.98. The van der Waals surface area contributed by atoms with Crippen molar-refractivity contribution in [1.29, 1.82) is 0 Å². The lowest BCUT2D eigenvalue weighted by atomic mass is 10.3. The standard InChI is InChI=1S/C11H12N4O3S/c1-2-18-11(17)8-4-14-15(10(8)12)9(16)3-7-5-19-6-13-7/h4-6H,2-3,12H2,1H3. The van der Waals surface area contributed by atoms with E-state index in [4.69, 9.17) is 10.5 Å². The summed E-state index contributed by atoms with van der Waals surface area (Å²) in [6.07, 6.45) is 1.31. The van der Waals surface area contributed by atoms with Gasteiger partial charge in [-0.3, -0.25) is 4.79 Å². The number of thiazole rings is 1. The molecule has 2 aromatic heterocycles. The van der Waals surface area contributed by atoms with Crippen molar-refractivity contribution in [3.05, 3.63) is 28.3 Å². The fourth-order valence-corrected chi connectivity index (χ4v) is 2.04. The van der Waals surface area contributed by atoms with Crippen molar-refractivity contribution in [3.8, 4) is 0 Å². The highest BCUT2D eigenvalue weighted by atomic mass is 32.1. The van der Waals surface area contributed by atoms with E-state index in [1.54, 1.807) is 17.8 Å². The van der Waals surface area contributed by atoms with Crippen molar-refractivity contribution in [1.82, 2.24) is 14.8 Å². The van der Waals surface area contributed by atoms with Crippen molar-refractivity contribution >= 4 is 29.0 Å². The molecule has 0 aromatic carbocycles. The molecule has 0 bridgehead atoms. The van der Waals surface area contributed by atoms with Crippen LogP contribution in [0.1, 0.15) is 27.8 Å². The Bertz CT molecular complexity index is 591. The highest BCUT2D eigenvalue weighted by Crippen LogP contribution is 2.13. The molecule has 8 heteroatoms. The Morgan fingerprint density at radius 3 is 2.95 bits per heavy atom. The summed E-state index contributed by atoms with van der Waals surface area (Å²) in [7, 11) is 0. The highest BCUT2D eigenvalue weighted by molar-refractivity contribution is 7.07. The van der Waals surface area contributed by atoms with E-state index in [2.05, 4.69) is 10.1 Å². The SMILES string of the molecule is CCOC(=O)c1cnn(C(=O)Cc2cscn2)c1N.